The predicted octanol–water partition coefficient (Wildman–Crippen LogP) is 2.80. The van der Waals surface area contributed by atoms with Gasteiger partial charge in [0.2, 0.25) is 5.91 Å². The molecule has 2 aromatic carbocycles. The Kier molecular flexibility index (Phi) is 4.82. The van der Waals surface area contributed by atoms with Crippen LogP contribution in [0.3, 0.4) is 0 Å². The van der Waals surface area contributed by atoms with Gasteiger partial charge < -0.3 is 10.6 Å². The summed E-state index contributed by atoms with van der Waals surface area (Å²) in [5.74, 6) is -0.551. The Morgan fingerprint density at radius 2 is 1.50 bits per heavy atom. The van der Waals surface area contributed by atoms with E-state index in [0.29, 0.717) is 11.4 Å². The highest BCUT2D eigenvalue weighted by atomic mass is 32.2. The molecule has 0 bridgehead atoms. The number of benzene rings is 2. The quantitative estimate of drug-likeness (QED) is 0.889. The number of nitrogens with one attached hydrogen (secondary N) is 2. The number of amides is 1. The molecule has 0 saturated carbocycles. The van der Waals surface area contributed by atoms with Crippen molar-refractivity contribution in [1.82, 2.24) is 0 Å². The average Bonchev–Trinajstić information content (AvgIpc) is 2.48. The number of carbonyl (C=O) groups is 1. The monoisotopic (exact) mass is 318 g/mol. The smallest absolute Gasteiger partial charge is 0.242 e. The van der Waals surface area contributed by atoms with E-state index in [2.05, 4.69) is 10.6 Å². The van der Waals surface area contributed by atoms with Crippen LogP contribution in [0.15, 0.2) is 54.6 Å². The molecule has 2 aromatic rings. The molecule has 0 aliphatic rings. The summed E-state index contributed by atoms with van der Waals surface area (Å²) in [6, 6.07) is 16.6. The topological polar surface area (TPSA) is 75.3 Å². The highest BCUT2D eigenvalue weighted by Crippen LogP contribution is 2.25. The maximum Gasteiger partial charge on any atom is 0.242 e. The zero-order chi connectivity index (χ0) is 16.2. The van der Waals surface area contributed by atoms with Crippen molar-refractivity contribution in [2.75, 3.05) is 16.9 Å². The van der Waals surface area contributed by atoms with Gasteiger partial charge in [0.05, 0.1) is 11.4 Å². The SMILES string of the molecule is CC(C(=O)Nc1ccccc1Nc1ccccc1)S(C)(=O)=O. The lowest BCUT2D eigenvalue weighted by Crippen LogP contribution is -2.31. The lowest BCUT2D eigenvalue weighted by atomic mass is 10.2. The largest absolute Gasteiger partial charge is 0.354 e. The molecule has 0 aromatic heterocycles. The fourth-order valence-electron chi connectivity index (χ4n) is 1.81. The lowest BCUT2D eigenvalue weighted by molar-refractivity contribution is -0.115. The van der Waals surface area contributed by atoms with Crippen molar-refractivity contribution in [3.05, 3.63) is 54.6 Å². The second-order valence-electron chi connectivity index (χ2n) is 5.00. The Balaban J connectivity index is 2.20. The fourth-order valence-corrected chi connectivity index (χ4v) is 2.25. The van der Waals surface area contributed by atoms with Crippen LogP contribution in [0.1, 0.15) is 6.92 Å². The van der Waals surface area contributed by atoms with E-state index in [1.165, 1.54) is 6.92 Å². The summed E-state index contributed by atoms with van der Waals surface area (Å²) in [7, 11) is -3.43. The Bertz CT molecular complexity index is 758. The van der Waals surface area contributed by atoms with Gasteiger partial charge in [-0.15, -0.1) is 0 Å². The van der Waals surface area contributed by atoms with Crippen LogP contribution in [-0.4, -0.2) is 25.8 Å². The van der Waals surface area contributed by atoms with Gasteiger partial charge >= 0.3 is 0 Å². The average molecular weight is 318 g/mol. The number of para-hydroxylation sites is 3. The van der Waals surface area contributed by atoms with E-state index in [0.717, 1.165) is 11.9 Å². The molecule has 6 heteroatoms. The molecule has 0 aliphatic heterocycles. The molecular weight excluding hydrogens is 300 g/mol. The van der Waals surface area contributed by atoms with E-state index in [-0.39, 0.29) is 0 Å². The third-order valence-corrected chi connectivity index (χ3v) is 4.75. The zero-order valence-electron chi connectivity index (χ0n) is 12.4. The van der Waals surface area contributed by atoms with Crippen molar-refractivity contribution in [3.8, 4) is 0 Å². The Morgan fingerprint density at radius 1 is 0.955 bits per heavy atom. The number of rotatable bonds is 5. The Hall–Kier alpha value is -2.34. The van der Waals surface area contributed by atoms with Gasteiger partial charge in [0, 0.05) is 11.9 Å². The first-order valence-electron chi connectivity index (χ1n) is 6.79. The summed E-state index contributed by atoms with van der Waals surface area (Å²) in [6.45, 7) is 1.37. The van der Waals surface area contributed by atoms with E-state index in [9.17, 15) is 13.2 Å². The number of hydrogen-bond acceptors (Lipinski definition) is 4. The summed E-state index contributed by atoms with van der Waals surface area (Å²) in [5.41, 5.74) is 2.11. The van der Waals surface area contributed by atoms with Crippen LogP contribution >= 0.6 is 0 Å². The van der Waals surface area contributed by atoms with Gasteiger partial charge in [-0.3, -0.25) is 4.79 Å². The molecule has 1 amide bonds. The van der Waals surface area contributed by atoms with Gasteiger partial charge in [0.25, 0.3) is 0 Å². The number of sulfone groups is 1. The van der Waals surface area contributed by atoms with Crippen LogP contribution in [-0.2, 0) is 14.6 Å². The van der Waals surface area contributed by atoms with E-state index in [1.54, 1.807) is 12.1 Å². The molecule has 0 aliphatic carbocycles. The maximum absolute atomic E-state index is 12.0. The minimum Gasteiger partial charge on any atom is -0.354 e. The molecule has 116 valence electrons. The molecule has 0 radical (unpaired) electrons. The molecular formula is C16H18N2O3S. The van der Waals surface area contributed by atoms with Gasteiger partial charge in [-0.05, 0) is 31.2 Å². The lowest BCUT2D eigenvalue weighted by Gasteiger charge is -2.15. The van der Waals surface area contributed by atoms with Crippen LogP contribution in [0.25, 0.3) is 0 Å². The zero-order valence-corrected chi connectivity index (χ0v) is 13.2. The standard InChI is InChI=1S/C16H18N2O3S/c1-12(22(2,20)21)16(19)18-15-11-7-6-10-14(15)17-13-8-4-3-5-9-13/h3-12,17H,1-2H3,(H,18,19). The number of anilines is 3. The van der Waals surface area contributed by atoms with Crippen molar-refractivity contribution >= 4 is 32.8 Å². The van der Waals surface area contributed by atoms with E-state index in [1.807, 2.05) is 42.5 Å². The van der Waals surface area contributed by atoms with Crippen molar-refractivity contribution in [2.45, 2.75) is 12.2 Å². The van der Waals surface area contributed by atoms with Crippen molar-refractivity contribution in [3.63, 3.8) is 0 Å². The highest BCUT2D eigenvalue weighted by molar-refractivity contribution is 7.92. The summed E-state index contributed by atoms with van der Waals surface area (Å²) in [5, 5.41) is 4.75. The summed E-state index contributed by atoms with van der Waals surface area (Å²) < 4.78 is 22.9. The van der Waals surface area contributed by atoms with E-state index in [4.69, 9.17) is 0 Å². The molecule has 2 rings (SSSR count). The van der Waals surface area contributed by atoms with Gasteiger partial charge in [0.15, 0.2) is 9.84 Å². The summed E-state index contributed by atoms with van der Waals surface area (Å²) >= 11 is 0. The second-order valence-corrected chi connectivity index (χ2v) is 7.36. The van der Waals surface area contributed by atoms with Gasteiger partial charge in [0.1, 0.15) is 5.25 Å². The van der Waals surface area contributed by atoms with Crippen LogP contribution in [0.5, 0.6) is 0 Å². The van der Waals surface area contributed by atoms with Gasteiger partial charge in [-0.2, -0.15) is 0 Å². The molecule has 0 saturated heterocycles. The highest BCUT2D eigenvalue weighted by Gasteiger charge is 2.24. The molecule has 2 N–H and O–H groups in total. The number of carbonyl (C=O) groups excluding carboxylic acids is 1. The first-order chi connectivity index (χ1) is 10.4. The van der Waals surface area contributed by atoms with E-state index < -0.39 is 21.0 Å². The van der Waals surface area contributed by atoms with Crippen LogP contribution in [0.4, 0.5) is 17.1 Å². The molecule has 5 nitrogen and oxygen atoms in total. The van der Waals surface area contributed by atoms with Crippen LogP contribution < -0.4 is 10.6 Å². The molecule has 22 heavy (non-hydrogen) atoms. The molecule has 1 atom stereocenters. The van der Waals surface area contributed by atoms with Crippen molar-refractivity contribution in [2.24, 2.45) is 0 Å². The third-order valence-electron chi connectivity index (χ3n) is 3.25. The minimum atomic E-state index is -3.43. The fraction of sp³-hybridized carbons (Fsp3) is 0.188. The molecule has 0 fully saturated rings. The second kappa shape index (κ2) is 6.62. The van der Waals surface area contributed by atoms with Crippen molar-refractivity contribution in [1.29, 1.82) is 0 Å². The minimum absolute atomic E-state index is 0.534. The normalized spacial score (nSPS) is 12.5. The summed E-state index contributed by atoms with van der Waals surface area (Å²) in [4.78, 5) is 12.0. The summed E-state index contributed by atoms with van der Waals surface area (Å²) in [6.07, 6.45) is 1.05. The predicted molar refractivity (Wildman–Crippen MR) is 89.1 cm³/mol. The Labute approximate surface area is 130 Å². The van der Waals surface area contributed by atoms with Gasteiger partial charge in [-0.25, -0.2) is 8.42 Å². The first kappa shape index (κ1) is 16.0. The van der Waals surface area contributed by atoms with Crippen molar-refractivity contribution < 1.29 is 13.2 Å². The first-order valence-corrected chi connectivity index (χ1v) is 8.74. The molecule has 1 unspecified atom stereocenters. The third kappa shape index (κ3) is 4.08. The molecule has 0 heterocycles. The maximum atomic E-state index is 12.0. The number of hydrogen-bond donors (Lipinski definition) is 2. The van der Waals surface area contributed by atoms with Crippen LogP contribution in [0.2, 0.25) is 0 Å². The van der Waals surface area contributed by atoms with Crippen LogP contribution in [0, 0.1) is 0 Å². The van der Waals surface area contributed by atoms with E-state index >= 15 is 0 Å². The van der Waals surface area contributed by atoms with Gasteiger partial charge in [-0.1, -0.05) is 30.3 Å². The molecule has 0 spiro atoms. The Morgan fingerprint density at radius 3 is 2.09 bits per heavy atom.